The van der Waals surface area contributed by atoms with E-state index in [9.17, 15) is 0 Å². The summed E-state index contributed by atoms with van der Waals surface area (Å²) in [6.45, 7) is 6.10. The van der Waals surface area contributed by atoms with E-state index in [-0.39, 0.29) is 0 Å². The van der Waals surface area contributed by atoms with Crippen molar-refractivity contribution in [3.05, 3.63) is 64.3 Å². The van der Waals surface area contributed by atoms with Crippen LogP contribution in [-0.4, -0.2) is 15.2 Å². The molecule has 1 heterocycles. The summed E-state index contributed by atoms with van der Waals surface area (Å²) >= 11 is 6.14. The van der Waals surface area contributed by atoms with Crippen LogP contribution >= 0.6 is 11.6 Å². The summed E-state index contributed by atoms with van der Waals surface area (Å²) < 4.78 is 0. The van der Waals surface area contributed by atoms with Gasteiger partial charge < -0.3 is 10.6 Å². The van der Waals surface area contributed by atoms with Crippen molar-refractivity contribution >= 4 is 34.7 Å². The molecule has 3 rings (SSSR count). The van der Waals surface area contributed by atoms with E-state index in [2.05, 4.69) is 51.8 Å². The second kappa shape index (κ2) is 6.84. The van der Waals surface area contributed by atoms with E-state index in [1.807, 2.05) is 31.2 Å². The molecule has 0 unspecified atom stereocenters. The second-order valence-corrected chi connectivity index (χ2v) is 6.03. The fourth-order valence-electron chi connectivity index (χ4n) is 2.25. The molecule has 5 nitrogen and oxygen atoms in total. The summed E-state index contributed by atoms with van der Waals surface area (Å²) in [6, 6.07) is 11.8. The topological polar surface area (TPSA) is 62.7 Å². The van der Waals surface area contributed by atoms with Gasteiger partial charge in [0.25, 0.3) is 0 Å². The third-order valence-electron chi connectivity index (χ3n) is 3.85. The molecule has 3 aromatic rings. The van der Waals surface area contributed by atoms with Crippen LogP contribution in [0.15, 0.2) is 42.6 Å². The maximum absolute atomic E-state index is 6.14. The summed E-state index contributed by atoms with van der Waals surface area (Å²) in [7, 11) is 0. The molecule has 6 heteroatoms. The molecule has 0 amide bonds. The Balaban J connectivity index is 1.81. The zero-order chi connectivity index (χ0) is 17.1. The summed E-state index contributed by atoms with van der Waals surface area (Å²) in [5.74, 6) is 1.03. The molecule has 2 N–H and O–H groups in total. The molecule has 0 radical (unpaired) electrons. The Morgan fingerprint density at radius 3 is 2.58 bits per heavy atom. The minimum atomic E-state index is 0.411. The lowest BCUT2D eigenvalue weighted by Gasteiger charge is -2.11. The van der Waals surface area contributed by atoms with Gasteiger partial charge in [-0.2, -0.15) is 10.1 Å². The Kier molecular flexibility index (Phi) is 4.62. The van der Waals surface area contributed by atoms with Crippen molar-refractivity contribution < 1.29 is 0 Å². The predicted molar refractivity (Wildman–Crippen MR) is 98.5 cm³/mol. The molecule has 0 aliphatic carbocycles. The van der Waals surface area contributed by atoms with Crippen LogP contribution in [0, 0.1) is 20.8 Å². The average molecular weight is 340 g/mol. The number of nitrogens with one attached hydrogen (secondary N) is 2. The molecule has 0 saturated carbocycles. The summed E-state index contributed by atoms with van der Waals surface area (Å²) in [4.78, 5) is 4.45. The molecule has 0 bridgehead atoms. The van der Waals surface area contributed by atoms with E-state index >= 15 is 0 Å². The van der Waals surface area contributed by atoms with Gasteiger partial charge in [0, 0.05) is 16.4 Å². The van der Waals surface area contributed by atoms with Gasteiger partial charge in [0.1, 0.15) is 0 Å². The van der Waals surface area contributed by atoms with Crippen molar-refractivity contribution in [2.24, 2.45) is 0 Å². The third kappa shape index (κ3) is 3.63. The van der Waals surface area contributed by atoms with Gasteiger partial charge in [-0.15, -0.1) is 5.10 Å². The third-order valence-corrected chi connectivity index (χ3v) is 4.26. The van der Waals surface area contributed by atoms with Gasteiger partial charge in [-0.1, -0.05) is 23.7 Å². The molecule has 2 aromatic carbocycles. The molecule has 122 valence electrons. The molecular formula is C18H18ClN5. The summed E-state index contributed by atoms with van der Waals surface area (Å²) in [5.41, 5.74) is 5.22. The van der Waals surface area contributed by atoms with Crippen LogP contribution in [0.2, 0.25) is 5.02 Å². The van der Waals surface area contributed by atoms with E-state index < -0.39 is 0 Å². The first kappa shape index (κ1) is 16.2. The highest BCUT2D eigenvalue weighted by Gasteiger charge is 2.06. The Morgan fingerprint density at radius 1 is 0.958 bits per heavy atom. The minimum Gasteiger partial charge on any atom is -0.339 e. The van der Waals surface area contributed by atoms with E-state index in [1.54, 1.807) is 6.20 Å². The van der Waals surface area contributed by atoms with Crippen molar-refractivity contribution in [3.8, 4) is 0 Å². The van der Waals surface area contributed by atoms with Crippen LogP contribution in [0.4, 0.5) is 23.1 Å². The van der Waals surface area contributed by atoms with Crippen molar-refractivity contribution in [2.75, 3.05) is 10.6 Å². The standard InChI is InChI=1S/C18H18ClN5/c1-11-7-8-14(9-12(11)2)21-17-10-20-24-18(23-17)22-16-6-4-5-15(19)13(16)3/h4-10H,1-3H3,(H2,21,22,23,24). The van der Waals surface area contributed by atoms with Crippen LogP contribution in [0.25, 0.3) is 0 Å². The van der Waals surface area contributed by atoms with Gasteiger partial charge in [-0.3, -0.25) is 0 Å². The van der Waals surface area contributed by atoms with E-state index in [1.165, 1.54) is 11.1 Å². The highest BCUT2D eigenvalue weighted by molar-refractivity contribution is 6.31. The van der Waals surface area contributed by atoms with Crippen LogP contribution in [0.5, 0.6) is 0 Å². The molecule has 0 aliphatic rings. The number of halogens is 1. The molecule has 0 spiro atoms. The van der Waals surface area contributed by atoms with Crippen molar-refractivity contribution in [1.82, 2.24) is 15.2 Å². The lowest BCUT2D eigenvalue weighted by molar-refractivity contribution is 0.981. The Hall–Kier alpha value is -2.66. The van der Waals surface area contributed by atoms with Crippen molar-refractivity contribution in [1.29, 1.82) is 0 Å². The van der Waals surface area contributed by atoms with Gasteiger partial charge in [-0.25, -0.2) is 0 Å². The van der Waals surface area contributed by atoms with Crippen molar-refractivity contribution in [2.45, 2.75) is 20.8 Å². The fraction of sp³-hybridized carbons (Fsp3) is 0.167. The Labute approximate surface area is 146 Å². The number of aryl methyl sites for hydroxylation is 2. The van der Waals surface area contributed by atoms with E-state index in [0.717, 1.165) is 16.9 Å². The molecule has 0 fully saturated rings. The smallest absolute Gasteiger partial charge is 0.249 e. The first-order valence-electron chi connectivity index (χ1n) is 7.59. The molecule has 24 heavy (non-hydrogen) atoms. The minimum absolute atomic E-state index is 0.411. The van der Waals surface area contributed by atoms with Crippen LogP contribution in [0.3, 0.4) is 0 Å². The number of nitrogens with zero attached hydrogens (tertiary/aromatic N) is 3. The zero-order valence-corrected chi connectivity index (χ0v) is 14.5. The van der Waals surface area contributed by atoms with Crippen LogP contribution < -0.4 is 10.6 Å². The molecular weight excluding hydrogens is 322 g/mol. The lowest BCUT2D eigenvalue weighted by Crippen LogP contribution is -2.03. The first-order valence-corrected chi connectivity index (χ1v) is 7.97. The summed E-state index contributed by atoms with van der Waals surface area (Å²) in [6.07, 6.45) is 1.59. The number of hydrogen-bond donors (Lipinski definition) is 2. The van der Waals surface area contributed by atoms with Crippen LogP contribution in [-0.2, 0) is 0 Å². The molecule has 1 aromatic heterocycles. The van der Waals surface area contributed by atoms with Crippen LogP contribution in [0.1, 0.15) is 16.7 Å². The van der Waals surface area contributed by atoms with Gasteiger partial charge in [0.2, 0.25) is 5.95 Å². The number of anilines is 4. The highest BCUT2D eigenvalue weighted by atomic mass is 35.5. The number of benzene rings is 2. The van der Waals surface area contributed by atoms with Gasteiger partial charge in [0.15, 0.2) is 5.82 Å². The largest absolute Gasteiger partial charge is 0.339 e. The fourth-order valence-corrected chi connectivity index (χ4v) is 2.42. The lowest BCUT2D eigenvalue weighted by atomic mass is 10.1. The number of rotatable bonds is 4. The second-order valence-electron chi connectivity index (χ2n) is 5.63. The first-order chi connectivity index (χ1) is 11.5. The Bertz CT molecular complexity index is 879. The highest BCUT2D eigenvalue weighted by Crippen LogP contribution is 2.25. The normalized spacial score (nSPS) is 10.5. The monoisotopic (exact) mass is 339 g/mol. The quantitative estimate of drug-likeness (QED) is 0.705. The SMILES string of the molecule is Cc1ccc(Nc2cnnc(Nc3cccc(Cl)c3C)n2)cc1C. The average Bonchev–Trinajstić information content (AvgIpc) is 2.56. The molecule has 0 saturated heterocycles. The van der Waals surface area contributed by atoms with Gasteiger partial charge >= 0.3 is 0 Å². The molecule has 0 atom stereocenters. The predicted octanol–water partition coefficient (Wildman–Crippen LogP) is 4.94. The number of aromatic nitrogens is 3. The summed E-state index contributed by atoms with van der Waals surface area (Å²) in [5, 5.41) is 15.1. The molecule has 0 aliphatic heterocycles. The van der Waals surface area contributed by atoms with E-state index in [4.69, 9.17) is 11.6 Å². The van der Waals surface area contributed by atoms with Gasteiger partial charge in [-0.05, 0) is 61.7 Å². The number of hydrogen-bond acceptors (Lipinski definition) is 5. The maximum Gasteiger partial charge on any atom is 0.249 e. The zero-order valence-electron chi connectivity index (χ0n) is 13.8. The van der Waals surface area contributed by atoms with E-state index in [0.29, 0.717) is 16.8 Å². The van der Waals surface area contributed by atoms with Crippen molar-refractivity contribution in [3.63, 3.8) is 0 Å². The van der Waals surface area contributed by atoms with Gasteiger partial charge in [0.05, 0.1) is 6.20 Å². The maximum atomic E-state index is 6.14. The Morgan fingerprint density at radius 2 is 1.79 bits per heavy atom.